The second-order valence-corrected chi connectivity index (χ2v) is 7.04. The molecule has 1 heterocycles. The maximum atomic E-state index is 9.68. The summed E-state index contributed by atoms with van der Waals surface area (Å²) >= 11 is 0. The minimum absolute atomic E-state index is 0.104. The lowest BCUT2D eigenvalue weighted by Gasteiger charge is -2.32. The quantitative estimate of drug-likeness (QED) is 0.418. The molecule has 0 aromatic carbocycles. The number of aliphatic hydroxyl groups excluding tert-OH is 3. The molecule has 22 heavy (non-hydrogen) atoms. The lowest BCUT2D eigenvalue weighted by Crippen LogP contribution is -2.48. The van der Waals surface area contributed by atoms with Gasteiger partial charge in [-0.15, -0.1) is 0 Å². The van der Waals surface area contributed by atoms with Gasteiger partial charge in [-0.3, -0.25) is 0 Å². The molecular formula is C18H37NO3. The van der Waals surface area contributed by atoms with Gasteiger partial charge in [0.2, 0.25) is 0 Å². The van der Waals surface area contributed by atoms with E-state index in [0.29, 0.717) is 6.04 Å². The minimum atomic E-state index is -0.516. The highest BCUT2D eigenvalue weighted by atomic mass is 16.3. The predicted octanol–water partition coefficient (Wildman–Crippen LogP) is 2.74. The first-order valence-corrected chi connectivity index (χ1v) is 9.36. The summed E-state index contributed by atoms with van der Waals surface area (Å²) in [5.41, 5.74) is 0. The average molecular weight is 315 g/mol. The molecule has 0 bridgehead atoms. The first-order valence-electron chi connectivity index (χ1n) is 9.36. The lowest BCUT2D eigenvalue weighted by atomic mass is 9.93. The monoisotopic (exact) mass is 315 g/mol. The van der Waals surface area contributed by atoms with Crippen LogP contribution in [0.2, 0.25) is 0 Å². The minimum Gasteiger partial charge on any atom is -0.394 e. The first kappa shape index (κ1) is 19.9. The smallest absolute Gasteiger partial charge is 0.0770 e. The summed E-state index contributed by atoms with van der Waals surface area (Å²) in [5.74, 6) is 0. The van der Waals surface area contributed by atoms with E-state index in [9.17, 15) is 10.2 Å². The molecule has 0 radical (unpaired) electrons. The van der Waals surface area contributed by atoms with Crippen LogP contribution in [0.4, 0.5) is 0 Å². The van der Waals surface area contributed by atoms with Gasteiger partial charge in [0.1, 0.15) is 0 Å². The summed E-state index contributed by atoms with van der Waals surface area (Å²) in [7, 11) is 0. The molecule has 4 atom stereocenters. The van der Waals surface area contributed by atoms with Gasteiger partial charge in [0.25, 0.3) is 0 Å². The van der Waals surface area contributed by atoms with E-state index in [4.69, 9.17) is 5.11 Å². The third-order valence-corrected chi connectivity index (χ3v) is 4.94. The molecule has 1 saturated heterocycles. The Hall–Kier alpha value is -0.160. The van der Waals surface area contributed by atoms with Crippen LogP contribution in [0, 0.1) is 0 Å². The molecule has 4 nitrogen and oxygen atoms in total. The molecule has 4 N–H and O–H groups in total. The van der Waals surface area contributed by atoms with Crippen molar-refractivity contribution in [1.82, 2.24) is 5.32 Å². The van der Waals surface area contributed by atoms with Crippen molar-refractivity contribution in [3.05, 3.63) is 0 Å². The van der Waals surface area contributed by atoms with Crippen LogP contribution in [0.5, 0.6) is 0 Å². The summed E-state index contributed by atoms with van der Waals surface area (Å²) < 4.78 is 0. The van der Waals surface area contributed by atoms with E-state index in [1.165, 1.54) is 51.4 Å². The Kier molecular flexibility index (Phi) is 11.1. The number of unbranched alkanes of at least 4 members (excludes halogenated alkanes) is 7. The Morgan fingerprint density at radius 1 is 0.955 bits per heavy atom. The molecule has 0 saturated carbocycles. The normalized spacial score (nSPS) is 27.0. The zero-order valence-electron chi connectivity index (χ0n) is 14.3. The van der Waals surface area contributed by atoms with Crippen LogP contribution in [0.15, 0.2) is 0 Å². The van der Waals surface area contributed by atoms with E-state index in [2.05, 4.69) is 12.2 Å². The molecule has 0 aliphatic carbocycles. The molecule has 0 amide bonds. The second kappa shape index (κ2) is 12.3. The molecule has 0 aromatic rings. The van der Waals surface area contributed by atoms with Crippen molar-refractivity contribution in [3.8, 4) is 0 Å². The molecule has 0 aromatic heterocycles. The topological polar surface area (TPSA) is 72.7 Å². The molecular weight excluding hydrogens is 278 g/mol. The number of rotatable bonds is 12. The van der Waals surface area contributed by atoms with Crippen molar-refractivity contribution in [3.63, 3.8) is 0 Å². The number of hydrogen-bond donors (Lipinski definition) is 4. The number of nitrogens with one attached hydrogen (secondary N) is 1. The molecule has 1 aliphatic heterocycles. The van der Waals surface area contributed by atoms with Crippen molar-refractivity contribution in [1.29, 1.82) is 0 Å². The maximum absolute atomic E-state index is 9.68. The van der Waals surface area contributed by atoms with E-state index in [1.807, 2.05) is 0 Å². The lowest BCUT2D eigenvalue weighted by molar-refractivity contribution is 0.0849. The van der Waals surface area contributed by atoms with Crippen molar-refractivity contribution in [2.75, 3.05) is 6.61 Å². The Bertz CT molecular complexity index is 263. The Morgan fingerprint density at radius 2 is 1.55 bits per heavy atom. The van der Waals surface area contributed by atoms with Crippen molar-refractivity contribution in [2.24, 2.45) is 0 Å². The van der Waals surface area contributed by atoms with Crippen LogP contribution >= 0.6 is 0 Å². The fraction of sp³-hybridized carbons (Fsp3) is 1.00. The summed E-state index contributed by atoms with van der Waals surface area (Å²) in [6, 6.07) is 0.861. The summed E-state index contributed by atoms with van der Waals surface area (Å²) in [6.45, 7) is 1.98. The maximum Gasteiger partial charge on any atom is 0.0770 e. The molecule has 1 aliphatic rings. The fourth-order valence-corrected chi connectivity index (χ4v) is 3.34. The summed E-state index contributed by atoms with van der Waals surface area (Å²) in [6.07, 6.45) is 13.4. The highest BCUT2D eigenvalue weighted by Gasteiger charge is 2.24. The van der Waals surface area contributed by atoms with Gasteiger partial charge in [-0.2, -0.15) is 0 Å². The third-order valence-electron chi connectivity index (χ3n) is 4.94. The van der Waals surface area contributed by atoms with E-state index in [0.717, 1.165) is 25.7 Å². The van der Waals surface area contributed by atoms with Gasteiger partial charge in [0.05, 0.1) is 18.8 Å². The van der Waals surface area contributed by atoms with Gasteiger partial charge in [0, 0.05) is 12.1 Å². The molecule has 1 fully saturated rings. The predicted molar refractivity (Wildman–Crippen MR) is 90.9 cm³/mol. The van der Waals surface area contributed by atoms with Gasteiger partial charge < -0.3 is 20.6 Å². The van der Waals surface area contributed by atoms with Crippen LogP contribution < -0.4 is 5.32 Å². The molecule has 0 unspecified atom stereocenters. The SMILES string of the molecule is C[C@@H]1N[C@H](CCCCCCCCCC[C@H](O)CO)CC[C@@H]1O. The van der Waals surface area contributed by atoms with E-state index in [1.54, 1.807) is 0 Å². The van der Waals surface area contributed by atoms with Gasteiger partial charge in [-0.05, 0) is 32.6 Å². The standard InChI is InChI=1S/C18H37NO3/c1-15-18(22)13-12-16(19-15)10-8-6-4-2-3-5-7-9-11-17(21)14-20/h15-22H,2-14H2,1H3/t15-,16+,17-,18-/m0/s1. The zero-order chi connectivity index (χ0) is 16.2. The number of aliphatic hydroxyl groups is 3. The van der Waals surface area contributed by atoms with Crippen LogP contribution in [0.1, 0.15) is 84.0 Å². The first-order chi connectivity index (χ1) is 10.6. The average Bonchev–Trinajstić information content (AvgIpc) is 2.52. The fourth-order valence-electron chi connectivity index (χ4n) is 3.34. The Labute approximate surface area is 136 Å². The van der Waals surface area contributed by atoms with Gasteiger partial charge in [0.15, 0.2) is 0 Å². The molecule has 132 valence electrons. The molecule has 1 rings (SSSR count). The third kappa shape index (κ3) is 9.09. The van der Waals surface area contributed by atoms with Gasteiger partial charge >= 0.3 is 0 Å². The van der Waals surface area contributed by atoms with E-state index in [-0.39, 0.29) is 18.8 Å². The van der Waals surface area contributed by atoms with Gasteiger partial charge in [-0.1, -0.05) is 51.4 Å². The van der Waals surface area contributed by atoms with E-state index >= 15 is 0 Å². The van der Waals surface area contributed by atoms with Crippen LogP contribution in [0.3, 0.4) is 0 Å². The summed E-state index contributed by atoms with van der Waals surface area (Å²) in [5, 5.41) is 31.1. The van der Waals surface area contributed by atoms with Crippen LogP contribution in [-0.2, 0) is 0 Å². The highest BCUT2D eigenvalue weighted by molar-refractivity contribution is 4.83. The molecule has 4 heteroatoms. The number of piperidine rings is 1. The van der Waals surface area contributed by atoms with Crippen molar-refractivity contribution >= 4 is 0 Å². The second-order valence-electron chi connectivity index (χ2n) is 7.04. The van der Waals surface area contributed by atoms with Crippen molar-refractivity contribution in [2.45, 2.75) is 108 Å². The Balaban J connectivity index is 1.82. The molecule has 0 spiro atoms. The van der Waals surface area contributed by atoms with E-state index < -0.39 is 6.10 Å². The van der Waals surface area contributed by atoms with Crippen LogP contribution in [-0.4, -0.2) is 46.2 Å². The zero-order valence-corrected chi connectivity index (χ0v) is 14.3. The highest BCUT2D eigenvalue weighted by Crippen LogP contribution is 2.18. The summed E-state index contributed by atoms with van der Waals surface area (Å²) in [4.78, 5) is 0. The Morgan fingerprint density at radius 3 is 2.14 bits per heavy atom. The van der Waals surface area contributed by atoms with Crippen molar-refractivity contribution < 1.29 is 15.3 Å². The largest absolute Gasteiger partial charge is 0.394 e. The van der Waals surface area contributed by atoms with Crippen LogP contribution in [0.25, 0.3) is 0 Å². The number of hydrogen-bond acceptors (Lipinski definition) is 4. The van der Waals surface area contributed by atoms with Gasteiger partial charge in [-0.25, -0.2) is 0 Å².